The number of hydrogen-bond donors (Lipinski definition) is 1. The number of benzene rings is 3. The first-order valence-electron chi connectivity index (χ1n) is 11.1. The average molecular weight is 456 g/mol. The smallest absolute Gasteiger partial charge is 0.262 e. The van der Waals surface area contributed by atoms with Gasteiger partial charge in [0.2, 0.25) is 0 Å². The number of aryl methyl sites for hydroxylation is 2. The van der Waals surface area contributed by atoms with Crippen molar-refractivity contribution < 1.29 is 9.53 Å². The predicted octanol–water partition coefficient (Wildman–Crippen LogP) is 5.59. The van der Waals surface area contributed by atoms with E-state index >= 15 is 0 Å². The zero-order valence-electron chi connectivity index (χ0n) is 18.5. The molecule has 1 aromatic heterocycles. The van der Waals surface area contributed by atoms with Gasteiger partial charge in [-0.1, -0.05) is 49.4 Å². The van der Waals surface area contributed by atoms with E-state index in [-0.39, 0.29) is 12.5 Å². The van der Waals surface area contributed by atoms with Crippen LogP contribution in [0, 0.1) is 0 Å². The second-order valence-corrected chi connectivity index (χ2v) is 8.81. The summed E-state index contributed by atoms with van der Waals surface area (Å²) in [6, 6.07) is 24.8. The van der Waals surface area contributed by atoms with E-state index in [4.69, 9.17) is 9.73 Å². The Balaban J connectivity index is 1.55. The van der Waals surface area contributed by atoms with Crippen LogP contribution >= 0.6 is 11.3 Å². The predicted molar refractivity (Wildman–Crippen MR) is 133 cm³/mol. The summed E-state index contributed by atoms with van der Waals surface area (Å²) in [5.74, 6) is 0.568. The molecule has 0 aliphatic carbocycles. The summed E-state index contributed by atoms with van der Waals surface area (Å²) in [7, 11) is 0. The number of amides is 1. The van der Waals surface area contributed by atoms with Gasteiger partial charge in [0.25, 0.3) is 5.91 Å². The summed E-state index contributed by atoms with van der Waals surface area (Å²) in [6.07, 6.45) is 1.91. The minimum Gasteiger partial charge on any atom is -0.482 e. The Bertz CT molecular complexity index is 1340. The molecule has 33 heavy (non-hydrogen) atoms. The van der Waals surface area contributed by atoms with Crippen LogP contribution in [0.15, 0.2) is 83.2 Å². The number of nitrogens with one attached hydrogen (secondary N) is 1. The van der Waals surface area contributed by atoms with Gasteiger partial charge in [-0.25, -0.2) is 4.99 Å². The zero-order valence-corrected chi connectivity index (χ0v) is 19.3. The average Bonchev–Trinajstić information content (AvgIpc) is 3.25. The fourth-order valence-corrected chi connectivity index (χ4v) is 4.87. The van der Waals surface area contributed by atoms with E-state index in [1.165, 1.54) is 11.1 Å². The van der Waals surface area contributed by atoms with Crippen LogP contribution in [0.1, 0.15) is 18.1 Å². The molecule has 2 heterocycles. The number of anilines is 1. The topological polar surface area (TPSA) is 55.6 Å². The lowest BCUT2D eigenvalue weighted by Crippen LogP contribution is -2.25. The number of thiazole rings is 1. The van der Waals surface area contributed by atoms with Crippen LogP contribution in [0.5, 0.6) is 5.75 Å². The third-order valence-electron chi connectivity index (χ3n) is 5.74. The molecule has 5 rings (SSSR count). The van der Waals surface area contributed by atoms with Gasteiger partial charge >= 0.3 is 0 Å². The molecule has 166 valence electrons. The molecule has 0 fully saturated rings. The first-order valence-corrected chi connectivity index (χ1v) is 12.0. The second kappa shape index (κ2) is 9.46. The zero-order chi connectivity index (χ0) is 22.6. The van der Waals surface area contributed by atoms with Gasteiger partial charge in [0, 0.05) is 17.5 Å². The van der Waals surface area contributed by atoms with Crippen molar-refractivity contribution in [1.29, 1.82) is 0 Å². The first kappa shape index (κ1) is 21.2. The summed E-state index contributed by atoms with van der Waals surface area (Å²) in [4.78, 5) is 17.7. The maximum Gasteiger partial charge on any atom is 0.262 e. The molecule has 0 atom stereocenters. The molecule has 0 spiro atoms. The van der Waals surface area contributed by atoms with Crippen LogP contribution in [-0.4, -0.2) is 17.1 Å². The molecule has 0 saturated heterocycles. The maximum atomic E-state index is 11.8. The normalized spacial score (nSPS) is 13.4. The molecule has 1 aliphatic rings. The minimum atomic E-state index is -0.131. The highest BCUT2D eigenvalue weighted by atomic mass is 32.1. The fraction of sp³-hybridized carbons (Fsp3) is 0.185. The third kappa shape index (κ3) is 4.76. The van der Waals surface area contributed by atoms with Gasteiger partial charge in [-0.2, -0.15) is 0 Å². The Kier molecular flexibility index (Phi) is 6.09. The maximum absolute atomic E-state index is 11.8. The number of ether oxygens (including phenoxy) is 1. The Labute approximate surface area is 197 Å². The summed E-state index contributed by atoms with van der Waals surface area (Å²) < 4.78 is 7.79. The Morgan fingerprint density at radius 3 is 2.64 bits per heavy atom. The van der Waals surface area contributed by atoms with Crippen LogP contribution in [0.3, 0.4) is 0 Å². The highest BCUT2D eigenvalue weighted by Crippen LogP contribution is 2.33. The number of carbonyl (C=O) groups is 1. The number of aromatic nitrogens is 1. The quantitative estimate of drug-likeness (QED) is 0.412. The van der Waals surface area contributed by atoms with Crippen molar-refractivity contribution in [2.24, 2.45) is 4.99 Å². The van der Waals surface area contributed by atoms with Crippen LogP contribution in [0.2, 0.25) is 0 Å². The molecule has 1 aliphatic heterocycles. The van der Waals surface area contributed by atoms with E-state index in [2.05, 4.69) is 70.7 Å². The van der Waals surface area contributed by atoms with Gasteiger partial charge < -0.3 is 14.6 Å². The molecule has 0 unspecified atom stereocenters. The fourth-order valence-electron chi connectivity index (χ4n) is 3.91. The Morgan fingerprint density at radius 2 is 1.85 bits per heavy atom. The molecule has 5 nitrogen and oxygen atoms in total. The summed E-state index contributed by atoms with van der Waals surface area (Å²) in [5, 5.41) is 5.05. The van der Waals surface area contributed by atoms with Gasteiger partial charge in [-0.15, -0.1) is 11.3 Å². The summed E-state index contributed by atoms with van der Waals surface area (Å²) in [6.45, 7) is 3.01. The van der Waals surface area contributed by atoms with E-state index in [9.17, 15) is 4.79 Å². The van der Waals surface area contributed by atoms with Gasteiger partial charge in [0.05, 0.1) is 17.1 Å². The number of fused-ring (bicyclic) bond motifs is 1. The molecule has 0 radical (unpaired) electrons. The standard InChI is InChI=1S/C27H25N3O2S/c1-2-19-8-11-22(12-9-19)28-27-30(15-14-20-6-4-3-5-7-20)24(18-33-27)21-10-13-25-23(16-21)29-26(31)17-32-25/h3-13,16,18H,2,14-15,17H2,1H3,(H,29,31). The lowest BCUT2D eigenvalue weighted by molar-refractivity contribution is -0.118. The molecule has 3 aromatic carbocycles. The van der Waals surface area contributed by atoms with Crippen molar-refractivity contribution in [2.45, 2.75) is 26.3 Å². The van der Waals surface area contributed by atoms with Crippen LogP contribution in [0.25, 0.3) is 11.3 Å². The molecular formula is C27H25N3O2S. The highest BCUT2D eigenvalue weighted by Gasteiger charge is 2.18. The first-order chi connectivity index (χ1) is 16.2. The van der Waals surface area contributed by atoms with Crippen molar-refractivity contribution >= 4 is 28.6 Å². The minimum absolute atomic E-state index is 0.0573. The van der Waals surface area contributed by atoms with Crippen LogP contribution in [-0.2, 0) is 24.2 Å². The van der Waals surface area contributed by atoms with Crippen molar-refractivity contribution in [2.75, 3.05) is 11.9 Å². The largest absolute Gasteiger partial charge is 0.482 e. The van der Waals surface area contributed by atoms with Crippen LogP contribution in [0.4, 0.5) is 11.4 Å². The van der Waals surface area contributed by atoms with Gasteiger partial charge in [0.15, 0.2) is 11.4 Å². The summed E-state index contributed by atoms with van der Waals surface area (Å²) in [5.41, 5.74) is 6.33. The third-order valence-corrected chi connectivity index (χ3v) is 6.61. The van der Waals surface area contributed by atoms with Crippen molar-refractivity contribution in [3.05, 3.63) is 94.1 Å². The number of rotatable bonds is 6. The van der Waals surface area contributed by atoms with Crippen LogP contribution < -0.4 is 14.9 Å². The second-order valence-electron chi connectivity index (χ2n) is 7.97. The molecule has 6 heteroatoms. The van der Waals surface area contributed by atoms with Gasteiger partial charge in [0.1, 0.15) is 5.75 Å². The summed E-state index contributed by atoms with van der Waals surface area (Å²) >= 11 is 1.63. The lowest BCUT2D eigenvalue weighted by atomic mass is 10.1. The monoisotopic (exact) mass is 455 g/mol. The van der Waals surface area contributed by atoms with E-state index in [1.54, 1.807) is 11.3 Å². The molecular weight excluding hydrogens is 430 g/mol. The molecule has 4 aromatic rings. The lowest BCUT2D eigenvalue weighted by Gasteiger charge is -2.19. The Hall–Kier alpha value is -3.64. The number of nitrogens with zero attached hydrogens (tertiary/aromatic N) is 2. The van der Waals surface area contributed by atoms with Crippen molar-refractivity contribution in [3.63, 3.8) is 0 Å². The number of carbonyl (C=O) groups excluding carboxylic acids is 1. The highest BCUT2D eigenvalue weighted by molar-refractivity contribution is 7.07. The number of hydrogen-bond acceptors (Lipinski definition) is 4. The van der Waals surface area contributed by atoms with E-state index in [1.807, 2.05) is 24.3 Å². The molecule has 0 bridgehead atoms. The van der Waals surface area contributed by atoms with Gasteiger partial charge in [-0.3, -0.25) is 4.79 Å². The molecule has 1 N–H and O–H groups in total. The SMILES string of the molecule is CCc1ccc(N=c2scc(-c3ccc4c(c3)NC(=O)CO4)n2CCc2ccccc2)cc1. The van der Waals surface area contributed by atoms with Crippen molar-refractivity contribution in [3.8, 4) is 17.0 Å². The Morgan fingerprint density at radius 1 is 1.03 bits per heavy atom. The van der Waals surface area contributed by atoms with E-state index < -0.39 is 0 Å². The van der Waals surface area contributed by atoms with E-state index in [0.717, 1.165) is 41.1 Å². The van der Waals surface area contributed by atoms with Gasteiger partial charge in [-0.05, 0) is 54.3 Å². The van der Waals surface area contributed by atoms with Crippen molar-refractivity contribution in [1.82, 2.24) is 4.57 Å². The van der Waals surface area contributed by atoms with E-state index in [0.29, 0.717) is 11.4 Å². The molecule has 1 amide bonds. The molecule has 0 saturated carbocycles.